The van der Waals surface area contributed by atoms with Gasteiger partial charge in [-0.25, -0.2) is 0 Å². The van der Waals surface area contributed by atoms with E-state index in [0.29, 0.717) is 57.9 Å². The van der Waals surface area contributed by atoms with E-state index < -0.39 is 114 Å². The summed E-state index contributed by atoms with van der Waals surface area (Å²) < 4.78 is 33.2. The molecule has 0 radical (unpaired) electrons. The second-order valence-corrected chi connectivity index (χ2v) is 26.9. The lowest BCUT2D eigenvalue weighted by molar-refractivity contribution is -0.170. The van der Waals surface area contributed by atoms with Crippen molar-refractivity contribution in [1.29, 1.82) is 0 Å². The van der Waals surface area contributed by atoms with Crippen molar-refractivity contribution in [3.8, 4) is 0 Å². The van der Waals surface area contributed by atoms with Gasteiger partial charge in [0.05, 0.1) is 19.8 Å². The third kappa shape index (κ3) is 43.8. The highest BCUT2D eigenvalue weighted by atomic mass is 16.7. The van der Waals surface area contributed by atoms with E-state index in [1.807, 2.05) is 27.7 Å². The molecule has 0 saturated heterocycles. The Hall–Kier alpha value is -6.98. The van der Waals surface area contributed by atoms with E-state index in [4.69, 9.17) is 28.4 Å². The molecule has 0 heterocycles. The zero-order chi connectivity index (χ0) is 78.0. The molecule has 0 fully saturated rings. The molecule has 0 saturated carbocycles. The summed E-state index contributed by atoms with van der Waals surface area (Å²) in [4.78, 5) is 176. The summed E-state index contributed by atoms with van der Waals surface area (Å²) in [6.07, 6.45) is -4.10. The summed E-state index contributed by atoms with van der Waals surface area (Å²) in [5.41, 5.74) is -1.28. The van der Waals surface area contributed by atoms with E-state index in [-0.39, 0.29) is 183 Å². The predicted octanol–water partition coefficient (Wildman–Crippen LogP) is 0.127. The number of carbonyl (C=O) groups is 14. The van der Waals surface area contributed by atoms with Gasteiger partial charge in [-0.2, -0.15) is 0 Å². The van der Waals surface area contributed by atoms with Crippen molar-refractivity contribution in [1.82, 2.24) is 53.2 Å². The van der Waals surface area contributed by atoms with Gasteiger partial charge in [0.1, 0.15) is 42.2 Å². The molecule has 0 bridgehead atoms. The SMILES string of the molecule is CCCNC(=O)CCCC(=O)NC(CCC(=O)CCCCNC(=O)C(C)CC(C)COC(OC)C(NC(C)=O)[C@H](O)C=O)(CCC(=O)NCCCNC(=O)C(C)CC(C)COC(OC)C(NC(C)=O)[C@H](O)C=O)CCC(=O)NCCCNC(=O)C(C)CC(C)COC(OC)C(NC(C)=O)[C@H](O)C=O. The first-order valence-electron chi connectivity index (χ1n) is 35.9. The number of aliphatic hydroxyl groups is 3. The van der Waals surface area contributed by atoms with Crippen LogP contribution in [0.2, 0.25) is 0 Å². The number of Topliss-reactive ketones (excluding diaryl/α,β-unsaturated/α-hetero) is 1. The van der Waals surface area contributed by atoms with Crippen molar-refractivity contribution in [2.45, 2.75) is 246 Å². The van der Waals surface area contributed by atoms with Crippen LogP contribution in [0.15, 0.2) is 0 Å². The van der Waals surface area contributed by atoms with Gasteiger partial charge in [-0.15, -0.1) is 0 Å². The second kappa shape index (κ2) is 55.5. The first kappa shape index (κ1) is 96.0. The largest absolute Gasteiger partial charge is 0.383 e. The van der Waals surface area contributed by atoms with Gasteiger partial charge in [0.25, 0.3) is 0 Å². The fourth-order valence-electron chi connectivity index (χ4n) is 11.3. The molecule has 15 atom stereocenters. The first-order valence-corrected chi connectivity index (χ1v) is 35.9. The molecule has 103 heavy (non-hydrogen) atoms. The van der Waals surface area contributed by atoms with E-state index in [9.17, 15) is 82.4 Å². The van der Waals surface area contributed by atoms with Crippen LogP contribution in [0.5, 0.6) is 0 Å². The number of nitrogens with one attached hydrogen (secondary N) is 10. The Kier molecular flexibility index (Phi) is 51.7. The Labute approximate surface area is 607 Å². The van der Waals surface area contributed by atoms with Crippen LogP contribution in [-0.2, 0) is 95.5 Å². The lowest BCUT2D eigenvalue weighted by Crippen LogP contribution is -2.52. The number of methoxy groups -OCH3 is 3. The molecule has 0 aromatic carbocycles. The van der Waals surface area contributed by atoms with Gasteiger partial charge >= 0.3 is 0 Å². The van der Waals surface area contributed by atoms with Crippen LogP contribution in [0.1, 0.15) is 185 Å². The minimum atomic E-state index is -1.59. The van der Waals surface area contributed by atoms with Gasteiger partial charge < -0.3 is 111 Å². The molecular formula is C70H124N10O23. The maximum absolute atomic E-state index is 13.9. The fraction of sp³-hybridized carbons (Fsp3) is 0.800. The molecule has 13 N–H and O–H groups in total. The van der Waals surface area contributed by atoms with Gasteiger partial charge in [0.2, 0.25) is 59.1 Å². The van der Waals surface area contributed by atoms with Crippen molar-refractivity contribution in [3.63, 3.8) is 0 Å². The average molecular weight is 1470 g/mol. The van der Waals surface area contributed by atoms with Crippen molar-refractivity contribution < 1.29 is 111 Å². The summed E-state index contributed by atoms with van der Waals surface area (Å²) in [7, 11) is 3.89. The molecule has 33 nitrogen and oxygen atoms in total. The molecule has 0 rings (SSSR count). The third-order valence-corrected chi connectivity index (χ3v) is 16.9. The smallest absolute Gasteiger partial charge is 0.222 e. The summed E-state index contributed by atoms with van der Waals surface area (Å²) in [5.74, 6) is -5.95. The van der Waals surface area contributed by atoms with Gasteiger partial charge in [-0.1, -0.05) is 48.5 Å². The van der Waals surface area contributed by atoms with Gasteiger partial charge in [-0.05, 0) is 94.8 Å². The summed E-state index contributed by atoms with van der Waals surface area (Å²) in [6.45, 7) is 17.9. The molecule has 10 amide bonds. The number of carbonyl (C=O) groups excluding carboxylic acids is 14. The predicted molar refractivity (Wildman–Crippen MR) is 377 cm³/mol. The maximum atomic E-state index is 13.9. The Balaban J connectivity index is 6.23. The standard InChI is InChI=1S/C70H124N10O23/c1-14-29-71-57(91)21-17-22-60(94)80-70(26-23-53(87)20-15-16-30-74-64(95)47(5)35-44(2)41-101-67(98-11)61(54(88)38-81)77-50(8)84,27-24-58(92)72-31-18-33-75-65(96)48(6)36-45(3)42-102-68(99-12)62(55(89)39-82)78-51(9)85)28-25-59(93)73-32-19-34-76-66(97)49(7)37-46(4)43-103-69(100-13)63(56(90)40-83)79-52(10)86/h38-40,44-49,54-56,61-63,67-69,88-90H,14-37,41-43H2,1-13H3,(H,71,91)(H,72,92)(H,73,93)(H,74,95)(H,75,96)(H,76,97)(H,77,84)(H,78,85)(H,79,86)(H,80,94)/t44?,45?,46?,47?,48?,49?,54-,55-,56-,61?,62?,63?,67?,68?,69?,70?/m1/s1. The lowest BCUT2D eigenvalue weighted by Gasteiger charge is -2.35. The molecule has 33 heteroatoms. The Morgan fingerprint density at radius 2 is 0.699 bits per heavy atom. The second-order valence-electron chi connectivity index (χ2n) is 26.9. The van der Waals surface area contributed by atoms with Crippen LogP contribution in [-0.4, -0.2) is 240 Å². The molecule has 0 aromatic rings. The van der Waals surface area contributed by atoms with Crippen molar-refractivity contribution >= 4 is 83.7 Å². The lowest BCUT2D eigenvalue weighted by atomic mass is 9.82. The number of aliphatic hydroxyl groups excluding tert-OH is 3. The fourth-order valence-corrected chi connectivity index (χ4v) is 11.3. The third-order valence-electron chi connectivity index (χ3n) is 16.9. The number of hydrogen-bond acceptors (Lipinski definition) is 23. The van der Waals surface area contributed by atoms with Crippen molar-refractivity contribution in [3.05, 3.63) is 0 Å². The zero-order valence-corrected chi connectivity index (χ0v) is 63.0. The summed E-state index contributed by atoms with van der Waals surface area (Å²) in [6, 6.07) is -3.49. The number of ketones is 1. The van der Waals surface area contributed by atoms with E-state index in [1.165, 1.54) is 42.1 Å². The Bertz CT molecular complexity index is 2340. The van der Waals surface area contributed by atoms with E-state index in [0.717, 1.165) is 0 Å². The number of rotatable bonds is 62. The van der Waals surface area contributed by atoms with Crippen LogP contribution in [0.25, 0.3) is 0 Å². The highest BCUT2D eigenvalue weighted by molar-refractivity contribution is 5.83. The summed E-state index contributed by atoms with van der Waals surface area (Å²) in [5, 5.41) is 57.9. The molecule has 0 aromatic heterocycles. The monoisotopic (exact) mass is 1470 g/mol. The topological polar surface area (TPSA) is 475 Å². The van der Waals surface area contributed by atoms with Crippen LogP contribution in [0.4, 0.5) is 0 Å². The Morgan fingerprint density at radius 3 is 1.03 bits per heavy atom. The Morgan fingerprint density at radius 1 is 0.388 bits per heavy atom. The van der Waals surface area contributed by atoms with Crippen molar-refractivity contribution in [2.75, 3.05) is 80.4 Å². The quantitative estimate of drug-likeness (QED) is 0.0219. The maximum Gasteiger partial charge on any atom is 0.222 e. The van der Waals surface area contributed by atoms with Gasteiger partial charge in [-0.3, -0.25) is 52.7 Å². The van der Waals surface area contributed by atoms with Crippen LogP contribution in [0.3, 0.4) is 0 Å². The minimum absolute atomic E-state index is 0.000571. The normalized spacial score (nSPS) is 16.3. The van der Waals surface area contributed by atoms with E-state index >= 15 is 0 Å². The van der Waals surface area contributed by atoms with Crippen molar-refractivity contribution in [2.24, 2.45) is 35.5 Å². The number of hydrogen-bond donors (Lipinski definition) is 13. The van der Waals surface area contributed by atoms with E-state index in [2.05, 4.69) is 53.2 Å². The van der Waals surface area contributed by atoms with Gasteiger partial charge in [0, 0.05) is 143 Å². The molecule has 592 valence electrons. The number of aldehydes is 3. The summed E-state index contributed by atoms with van der Waals surface area (Å²) >= 11 is 0. The molecule has 0 aliphatic carbocycles. The number of amides is 10. The number of ether oxygens (including phenoxy) is 6. The molecule has 12 unspecified atom stereocenters. The molecule has 0 aliphatic rings. The zero-order valence-electron chi connectivity index (χ0n) is 63.0. The molecule has 0 spiro atoms. The molecular weight excluding hydrogens is 1350 g/mol. The van der Waals surface area contributed by atoms with Crippen LogP contribution < -0.4 is 53.2 Å². The highest BCUT2D eigenvalue weighted by Crippen LogP contribution is 2.28. The van der Waals surface area contributed by atoms with E-state index in [1.54, 1.807) is 20.8 Å². The average Bonchev–Trinajstić information content (AvgIpc) is 0.852. The first-order chi connectivity index (χ1) is 48.7. The minimum Gasteiger partial charge on any atom is -0.383 e. The van der Waals surface area contributed by atoms with Crippen LogP contribution in [0, 0.1) is 35.5 Å². The van der Waals surface area contributed by atoms with Crippen LogP contribution >= 0.6 is 0 Å². The highest BCUT2D eigenvalue weighted by Gasteiger charge is 2.36. The van der Waals surface area contributed by atoms with Gasteiger partial charge in [0.15, 0.2) is 37.7 Å². The molecule has 0 aliphatic heterocycles. The number of unbranched alkanes of at least 4 members (excludes halogenated alkanes) is 1.